The van der Waals surface area contributed by atoms with Gasteiger partial charge in [-0.05, 0) is 12.8 Å². The lowest BCUT2D eigenvalue weighted by Gasteiger charge is -2.08. The summed E-state index contributed by atoms with van der Waals surface area (Å²) in [6, 6.07) is -0.658. The summed E-state index contributed by atoms with van der Waals surface area (Å²) in [7, 11) is 0. The first-order valence-corrected chi connectivity index (χ1v) is 4.99. The smallest absolute Gasteiger partial charge is 0.331 e. The predicted octanol–water partition coefficient (Wildman–Crippen LogP) is 1.83. The quantitative estimate of drug-likeness (QED) is 0.272. The summed E-state index contributed by atoms with van der Waals surface area (Å²) in [6.45, 7) is 4.34. The summed E-state index contributed by atoms with van der Waals surface area (Å²) in [6.07, 6.45) is 4.55. The molecular formula is C10H17NO3. The third-order valence-corrected chi connectivity index (χ3v) is 1.78. The van der Waals surface area contributed by atoms with Gasteiger partial charge in [-0.2, -0.15) is 4.99 Å². The van der Waals surface area contributed by atoms with Crippen LogP contribution in [0.3, 0.4) is 0 Å². The van der Waals surface area contributed by atoms with Crippen molar-refractivity contribution in [3.63, 3.8) is 0 Å². The van der Waals surface area contributed by atoms with Gasteiger partial charge in [-0.25, -0.2) is 9.59 Å². The first-order valence-electron chi connectivity index (χ1n) is 4.99. The zero-order valence-corrected chi connectivity index (χ0v) is 8.78. The maximum absolute atomic E-state index is 11.3. The van der Waals surface area contributed by atoms with E-state index in [-0.39, 0.29) is 0 Å². The minimum absolute atomic E-state index is 0.407. The zero-order valence-electron chi connectivity index (χ0n) is 8.78. The van der Waals surface area contributed by atoms with Crippen LogP contribution in [0.15, 0.2) is 4.99 Å². The summed E-state index contributed by atoms with van der Waals surface area (Å²) in [5, 5.41) is 0. The van der Waals surface area contributed by atoms with Crippen LogP contribution in [-0.2, 0) is 14.3 Å². The fourth-order valence-corrected chi connectivity index (χ4v) is 0.985. The number of carbonyl (C=O) groups excluding carboxylic acids is 2. The molecule has 0 heterocycles. The Hall–Kier alpha value is -1.15. The van der Waals surface area contributed by atoms with E-state index in [1.54, 1.807) is 0 Å². The van der Waals surface area contributed by atoms with E-state index in [9.17, 15) is 9.59 Å². The van der Waals surface area contributed by atoms with Crippen molar-refractivity contribution in [2.45, 2.75) is 45.6 Å². The molecule has 0 aromatic carbocycles. The lowest BCUT2D eigenvalue weighted by atomic mass is 10.2. The van der Waals surface area contributed by atoms with Crippen molar-refractivity contribution in [1.29, 1.82) is 0 Å². The molecule has 0 aromatic rings. The molecule has 0 fully saturated rings. The monoisotopic (exact) mass is 199 g/mol. The molecule has 0 spiro atoms. The van der Waals surface area contributed by atoms with Gasteiger partial charge < -0.3 is 4.74 Å². The molecule has 0 rings (SSSR count). The Labute approximate surface area is 84.4 Å². The molecule has 0 saturated carbocycles. The van der Waals surface area contributed by atoms with E-state index in [1.807, 2.05) is 13.8 Å². The van der Waals surface area contributed by atoms with Gasteiger partial charge in [-0.1, -0.05) is 26.7 Å². The summed E-state index contributed by atoms with van der Waals surface area (Å²) in [5.41, 5.74) is 0. The maximum atomic E-state index is 11.3. The summed E-state index contributed by atoms with van der Waals surface area (Å²) < 4.78 is 4.94. The standard InChI is InChI=1S/C10H17NO3/c1-3-5-7-14-10(13)9(6-4-2)11-8-12/h9H,3-7H2,1-2H3/t9-/m0/s1. The van der Waals surface area contributed by atoms with E-state index >= 15 is 0 Å². The van der Waals surface area contributed by atoms with Crippen molar-refractivity contribution in [2.24, 2.45) is 4.99 Å². The summed E-state index contributed by atoms with van der Waals surface area (Å²) in [5.74, 6) is -0.413. The van der Waals surface area contributed by atoms with Crippen molar-refractivity contribution < 1.29 is 14.3 Å². The number of unbranched alkanes of at least 4 members (excludes halogenated alkanes) is 1. The molecule has 1 atom stereocenters. The Bertz CT molecular complexity index is 209. The van der Waals surface area contributed by atoms with Crippen LogP contribution in [0.4, 0.5) is 0 Å². The Morgan fingerprint density at radius 2 is 2.14 bits per heavy atom. The van der Waals surface area contributed by atoms with E-state index in [2.05, 4.69) is 4.99 Å². The molecule has 4 nitrogen and oxygen atoms in total. The number of isocyanates is 1. The van der Waals surface area contributed by atoms with Gasteiger partial charge in [-0.3, -0.25) is 0 Å². The fraction of sp³-hybridized carbons (Fsp3) is 0.800. The van der Waals surface area contributed by atoms with Crippen molar-refractivity contribution in [3.05, 3.63) is 0 Å². The zero-order chi connectivity index (χ0) is 10.8. The van der Waals surface area contributed by atoms with E-state index in [4.69, 9.17) is 4.74 Å². The number of ether oxygens (including phenoxy) is 1. The highest BCUT2D eigenvalue weighted by atomic mass is 16.5. The molecule has 0 N–H and O–H groups in total. The molecule has 0 aliphatic heterocycles. The van der Waals surface area contributed by atoms with Crippen LogP contribution >= 0.6 is 0 Å². The molecule has 0 radical (unpaired) electrons. The van der Waals surface area contributed by atoms with E-state index < -0.39 is 12.0 Å². The highest BCUT2D eigenvalue weighted by Gasteiger charge is 2.17. The number of hydrogen-bond acceptors (Lipinski definition) is 4. The molecule has 80 valence electrons. The van der Waals surface area contributed by atoms with Crippen LogP contribution in [-0.4, -0.2) is 24.7 Å². The number of aliphatic imine (C=N–C) groups is 1. The summed E-state index contributed by atoms with van der Waals surface area (Å²) in [4.78, 5) is 24.7. The third-order valence-electron chi connectivity index (χ3n) is 1.78. The first-order chi connectivity index (χ1) is 6.76. The van der Waals surface area contributed by atoms with Gasteiger partial charge in [0, 0.05) is 0 Å². The number of esters is 1. The van der Waals surface area contributed by atoms with Gasteiger partial charge in [0.15, 0.2) is 6.04 Å². The second-order valence-electron chi connectivity index (χ2n) is 3.05. The second-order valence-corrected chi connectivity index (χ2v) is 3.05. The van der Waals surface area contributed by atoms with Gasteiger partial charge in [0.2, 0.25) is 6.08 Å². The lowest BCUT2D eigenvalue weighted by molar-refractivity contribution is -0.145. The Morgan fingerprint density at radius 3 is 2.64 bits per heavy atom. The van der Waals surface area contributed by atoms with Crippen LogP contribution in [0, 0.1) is 0 Å². The van der Waals surface area contributed by atoms with Crippen LogP contribution < -0.4 is 0 Å². The van der Waals surface area contributed by atoms with Crippen molar-refractivity contribution in [3.8, 4) is 0 Å². The van der Waals surface area contributed by atoms with Crippen LogP contribution in [0.1, 0.15) is 39.5 Å². The van der Waals surface area contributed by atoms with E-state index in [1.165, 1.54) is 6.08 Å². The number of hydrogen-bond donors (Lipinski definition) is 0. The molecule has 14 heavy (non-hydrogen) atoms. The van der Waals surface area contributed by atoms with Gasteiger partial charge in [0.05, 0.1) is 6.61 Å². The highest BCUT2D eigenvalue weighted by Crippen LogP contribution is 2.04. The average Bonchev–Trinajstić information content (AvgIpc) is 2.18. The second kappa shape index (κ2) is 8.45. The largest absolute Gasteiger partial charge is 0.464 e. The highest BCUT2D eigenvalue weighted by molar-refractivity contribution is 5.76. The minimum atomic E-state index is -0.658. The predicted molar refractivity (Wildman–Crippen MR) is 52.7 cm³/mol. The fourth-order valence-electron chi connectivity index (χ4n) is 0.985. The average molecular weight is 199 g/mol. The SMILES string of the molecule is CCCCOC(=O)[C@H](CCC)N=C=O. The first kappa shape index (κ1) is 12.8. The topological polar surface area (TPSA) is 55.7 Å². The number of rotatable bonds is 7. The van der Waals surface area contributed by atoms with Gasteiger partial charge in [-0.15, -0.1) is 0 Å². The van der Waals surface area contributed by atoms with Crippen molar-refractivity contribution in [2.75, 3.05) is 6.61 Å². The number of carbonyl (C=O) groups is 1. The van der Waals surface area contributed by atoms with Gasteiger partial charge >= 0.3 is 5.97 Å². The third kappa shape index (κ3) is 5.49. The Morgan fingerprint density at radius 1 is 1.43 bits per heavy atom. The molecule has 0 aliphatic rings. The Kier molecular flexibility index (Phi) is 7.75. The molecular weight excluding hydrogens is 182 g/mol. The molecule has 0 aromatic heterocycles. The van der Waals surface area contributed by atoms with Crippen molar-refractivity contribution >= 4 is 12.0 Å². The van der Waals surface area contributed by atoms with Gasteiger partial charge in [0.25, 0.3) is 0 Å². The van der Waals surface area contributed by atoms with Crippen molar-refractivity contribution in [1.82, 2.24) is 0 Å². The Balaban J connectivity index is 3.95. The lowest BCUT2D eigenvalue weighted by Crippen LogP contribution is -2.21. The van der Waals surface area contributed by atoms with Crippen LogP contribution in [0.5, 0.6) is 0 Å². The van der Waals surface area contributed by atoms with Crippen LogP contribution in [0.2, 0.25) is 0 Å². The maximum Gasteiger partial charge on any atom is 0.331 e. The minimum Gasteiger partial charge on any atom is -0.464 e. The molecule has 0 unspecified atom stereocenters. The number of nitrogens with zero attached hydrogens (tertiary/aromatic N) is 1. The molecule has 0 amide bonds. The summed E-state index contributed by atoms with van der Waals surface area (Å²) >= 11 is 0. The molecule has 0 bridgehead atoms. The van der Waals surface area contributed by atoms with Crippen LogP contribution in [0.25, 0.3) is 0 Å². The molecule has 0 aliphatic carbocycles. The van der Waals surface area contributed by atoms with E-state index in [0.29, 0.717) is 13.0 Å². The van der Waals surface area contributed by atoms with Gasteiger partial charge in [0.1, 0.15) is 0 Å². The molecule has 4 heteroatoms. The molecule has 0 saturated heterocycles. The normalized spacial score (nSPS) is 11.6. The van der Waals surface area contributed by atoms with E-state index in [0.717, 1.165) is 19.3 Å².